The Balaban J connectivity index is 2.10. The van der Waals surface area contributed by atoms with Gasteiger partial charge in [0.1, 0.15) is 6.61 Å². The van der Waals surface area contributed by atoms with Crippen LogP contribution in [0.3, 0.4) is 0 Å². The summed E-state index contributed by atoms with van der Waals surface area (Å²) in [4.78, 5) is 25.5. The van der Waals surface area contributed by atoms with Crippen molar-refractivity contribution in [3.8, 4) is 0 Å². The van der Waals surface area contributed by atoms with Crippen LogP contribution < -0.4 is 5.32 Å². The van der Waals surface area contributed by atoms with E-state index in [9.17, 15) is 9.59 Å². The summed E-state index contributed by atoms with van der Waals surface area (Å²) in [5.41, 5.74) is 5.13. The molecule has 0 unspecified atom stereocenters. The van der Waals surface area contributed by atoms with Gasteiger partial charge in [-0.2, -0.15) is 0 Å². The molecule has 0 aromatic heterocycles. The smallest absolute Gasteiger partial charge is 0.337 e. The summed E-state index contributed by atoms with van der Waals surface area (Å²) in [7, 11) is 0. The number of Topliss-reactive ketones (excluding diaryl/α,β-unsaturated/α-hetero) is 1. The molecule has 1 aliphatic carbocycles. The number of dihydropyridines is 1. The number of aryl methyl sites for hydroxylation is 1. The van der Waals surface area contributed by atoms with Crippen molar-refractivity contribution < 1.29 is 14.3 Å². The molecular weight excluding hydrogens is 326 g/mol. The summed E-state index contributed by atoms with van der Waals surface area (Å²) < 4.78 is 5.32. The first kappa shape index (κ1) is 18.2. The molecule has 0 amide bonds. The molecular formula is C22H25NO3. The van der Waals surface area contributed by atoms with Crippen molar-refractivity contribution >= 4 is 11.8 Å². The summed E-state index contributed by atoms with van der Waals surface area (Å²) in [5, 5.41) is 3.29. The number of ether oxygens (including phenoxy) is 1. The van der Waals surface area contributed by atoms with E-state index < -0.39 is 5.97 Å². The van der Waals surface area contributed by atoms with Gasteiger partial charge in [0.15, 0.2) is 5.78 Å². The van der Waals surface area contributed by atoms with Crippen LogP contribution in [-0.4, -0.2) is 18.4 Å². The Bertz CT molecular complexity index is 799. The third-order valence-electron chi connectivity index (χ3n) is 5.05. The first-order valence-electron chi connectivity index (χ1n) is 9.17. The predicted octanol–water partition coefficient (Wildman–Crippen LogP) is 3.95. The highest BCUT2D eigenvalue weighted by molar-refractivity contribution is 6.03. The maximum atomic E-state index is 12.8. The van der Waals surface area contributed by atoms with Gasteiger partial charge in [-0.05, 0) is 37.3 Å². The number of esters is 1. The van der Waals surface area contributed by atoms with Crippen LogP contribution >= 0.6 is 0 Å². The topological polar surface area (TPSA) is 55.4 Å². The maximum Gasteiger partial charge on any atom is 0.337 e. The minimum Gasteiger partial charge on any atom is -0.458 e. The van der Waals surface area contributed by atoms with Gasteiger partial charge in [0, 0.05) is 29.3 Å². The van der Waals surface area contributed by atoms with Crippen LogP contribution in [0.5, 0.6) is 0 Å². The average molecular weight is 351 g/mol. The monoisotopic (exact) mass is 351 g/mol. The lowest BCUT2D eigenvalue weighted by molar-refractivity contribution is -0.138. The number of rotatable bonds is 5. The molecule has 4 heteroatoms. The Labute approximate surface area is 154 Å². The van der Waals surface area contributed by atoms with Gasteiger partial charge in [-0.15, -0.1) is 0 Å². The number of hydrogen-bond donors (Lipinski definition) is 1. The van der Waals surface area contributed by atoms with Crippen LogP contribution in [0.15, 0.2) is 59.5 Å². The van der Waals surface area contributed by atoms with Crippen LogP contribution in [0.2, 0.25) is 0 Å². The molecule has 0 spiro atoms. The van der Waals surface area contributed by atoms with Crippen molar-refractivity contribution in [2.75, 3.05) is 6.61 Å². The lowest BCUT2D eigenvalue weighted by Gasteiger charge is -2.34. The second kappa shape index (κ2) is 7.73. The van der Waals surface area contributed by atoms with Gasteiger partial charge in [0.2, 0.25) is 0 Å². The minimum atomic E-state index is -0.399. The van der Waals surface area contributed by atoms with E-state index in [1.807, 2.05) is 19.1 Å². The highest BCUT2D eigenvalue weighted by atomic mass is 16.5. The third kappa shape index (κ3) is 3.36. The van der Waals surface area contributed by atoms with Crippen LogP contribution in [0.1, 0.15) is 50.2 Å². The Morgan fingerprint density at radius 2 is 2.04 bits per heavy atom. The minimum absolute atomic E-state index is 0.116. The van der Waals surface area contributed by atoms with Crippen LogP contribution in [0.4, 0.5) is 0 Å². The van der Waals surface area contributed by atoms with E-state index in [1.54, 1.807) is 6.08 Å². The molecule has 136 valence electrons. The molecule has 0 saturated heterocycles. The zero-order valence-corrected chi connectivity index (χ0v) is 15.4. The number of allylic oxidation sites excluding steroid dienone is 3. The van der Waals surface area contributed by atoms with Gasteiger partial charge < -0.3 is 10.1 Å². The van der Waals surface area contributed by atoms with Gasteiger partial charge in [-0.1, -0.05) is 43.8 Å². The van der Waals surface area contributed by atoms with Gasteiger partial charge >= 0.3 is 5.97 Å². The molecule has 3 rings (SSSR count). The summed E-state index contributed by atoms with van der Waals surface area (Å²) >= 11 is 0. The number of ketones is 1. The molecule has 1 heterocycles. The fourth-order valence-corrected chi connectivity index (χ4v) is 3.75. The number of benzene rings is 1. The molecule has 0 fully saturated rings. The van der Waals surface area contributed by atoms with Crippen LogP contribution in [0.25, 0.3) is 0 Å². The van der Waals surface area contributed by atoms with Crippen molar-refractivity contribution in [3.05, 3.63) is 70.6 Å². The number of hydrogen-bond acceptors (Lipinski definition) is 4. The molecule has 1 aromatic rings. The van der Waals surface area contributed by atoms with Crippen molar-refractivity contribution in [1.29, 1.82) is 0 Å². The van der Waals surface area contributed by atoms with Gasteiger partial charge in [0.25, 0.3) is 0 Å². The molecule has 0 saturated carbocycles. The highest BCUT2D eigenvalue weighted by Crippen LogP contribution is 2.42. The van der Waals surface area contributed by atoms with E-state index in [2.05, 4.69) is 31.0 Å². The second-order valence-corrected chi connectivity index (χ2v) is 6.75. The fourth-order valence-electron chi connectivity index (χ4n) is 3.75. The average Bonchev–Trinajstić information content (AvgIpc) is 2.65. The number of nitrogens with one attached hydrogen (secondary N) is 1. The highest BCUT2D eigenvalue weighted by Gasteiger charge is 2.38. The second-order valence-electron chi connectivity index (χ2n) is 6.75. The lowest BCUT2D eigenvalue weighted by atomic mass is 9.75. The molecule has 0 radical (unpaired) electrons. The van der Waals surface area contributed by atoms with Crippen molar-refractivity contribution in [1.82, 2.24) is 5.32 Å². The van der Waals surface area contributed by atoms with Crippen molar-refractivity contribution in [2.24, 2.45) is 0 Å². The molecule has 1 aliphatic heterocycles. The molecule has 26 heavy (non-hydrogen) atoms. The number of carbonyl (C=O) groups excluding carboxylic acids is 2. The fraction of sp³-hybridized carbons (Fsp3) is 0.364. The number of carbonyl (C=O) groups is 2. The summed E-state index contributed by atoms with van der Waals surface area (Å²) in [5.74, 6) is -0.656. The zero-order chi connectivity index (χ0) is 18.7. The molecule has 1 N–H and O–H groups in total. The zero-order valence-electron chi connectivity index (χ0n) is 15.4. The standard InChI is InChI=1S/C22H25NO3/c1-4-13-26-22(25)19-14(3)23-17-7-6-8-18(24)21(17)20(19)16-11-9-15(5-2)10-12-16/h4,9-12,20,23H,1,5-8,13H2,2-3H3/t20-/m1/s1. The normalized spacial score (nSPS) is 19.8. The Morgan fingerprint density at radius 1 is 1.31 bits per heavy atom. The Morgan fingerprint density at radius 3 is 2.69 bits per heavy atom. The molecule has 4 nitrogen and oxygen atoms in total. The van der Waals surface area contributed by atoms with E-state index in [0.29, 0.717) is 12.0 Å². The molecule has 0 bridgehead atoms. The van der Waals surface area contributed by atoms with E-state index in [0.717, 1.165) is 41.8 Å². The molecule has 1 aromatic carbocycles. The van der Waals surface area contributed by atoms with Crippen molar-refractivity contribution in [3.63, 3.8) is 0 Å². The van der Waals surface area contributed by atoms with E-state index in [-0.39, 0.29) is 18.3 Å². The maximum absolute atomic E-state index is 12.8. The SMILES string of the molecule is C=CCOC(=O)C1=C(C)NC2=C(C(=O)CCC2)[C@@H]1c1ccc(CC)cc1. The lowest BCUT2D eigenvalue weighted by Crippen LogP contribution is -2.34. The molecule has 1 atom stereocenters. The Hall–Kier alpha value is -2.62. The quantitative estimate of drug-likeness (QED) is 0.645. The summed E-state index contributed by atoms with van der Waals surface area (Å²) in [6.07, 6.45) is 4.69. The summed E-state index contributed by atoms with van der Waals surface area (Å²) in [6.45, 7) is 7.73. The van der Waals surface area contributed by atoms with Gasteiger partial charge in [-0.25, -0.2) is 4.79 Å². The first-order valence-corrected chi connectivity index (χ1v) is 9.17. The summed E-state index contributed by atoms with van der Waals surface area (Å²) in [6, 6.07) is 8.17. The van der Waals surface area contributed by atoms with Crippen LogP contribution in [-0.2, 0) is 20.7 Å². The van der Waals surface area contributed by atoms with Gasteiger partial charge in [-0.3, -0.25) is 4.79 Å². The predicted molar refractivity (Wildman–Crippen MR) is 101 cm³/mol. The van der Waals surface area contributed by atoms with Crippen molar-refractivity contribution in [2.45, 2.75) is 45.4 Å². The van der Waals surface area contributed by atoms with E-state index in [4.69, 9.17) is 4.74 Å². The molecule has 2 aliphatic rings. The van der Waals surface area contributed by atoms with E-state index in [1.165, 1.54) is 5.56 Å². The first-order chi connectivity index (χ1) is 12.6. The van der Waals surface area contributed by atoms with E-state index >= 15 is 0 Å². The largest absolute Gasteiger partial charge is 0.458 e. The van der Waals surface area contributed by atoms with Gasteiger partial charge in [0.05, 0.1) is 5.57 Å². The van der Waals surface area contributed by atoms with Crippen LogP contribution in [0, 0.1) is 0 Å². The Kier molecular flexibility index (Phi) is 5.40. The third-order valence-corrected chi connectivity index (χ3v) is 5.05.